The average molecular weight is 347 g/mol. The van der Waals surface area contributed by atoms with Crippen molar-refractivity contribution in [1.82, 2.24) is 14.8 Å². The molecule has 0 aliphatic heterocycles. The Morgan fingerprint density at radius 2 is 2.21 bits per heavy atom. The van der Waals surface area contributed by atoms with Gasteiger partial charge in [0.15, 0.2) is 5.16 Å². The minimum absolute atomic E-state index is 0.00608. The fourth-order valence-electron chi connectivity index (χ4n) is 2.37. The zero-order chi connectivity index (χ0) is 17.3. The van der Waals surface area contributed by atoms with Crippen LogP contribution in [0.4, 0.5) is 11.4 Å². The van der Waals surface area contributed by atoms with Crippen LogP contribution in [0.5, 0.6) is 0 Å². The van der Waals surface area contributed by atoms with E-state index >= 15 is 0 Å². The van der Waals surface area contributed by atoms with Crippen LogP contribution in [0.3, 0.4) is 0 Å². The van der Waals surface area contributed by atoms with Crippen molar-refractivity contribution in [2.45, 2.75) is 30.8 Å². The van der Waals surface area contributed by atoms with E-state index < -0.39 is 4.92 Å². The van der Waals surface area contributed by atoms with Gasteiger partial charge in [-0.2, -0.15) is 0 Å². The van der Waals surface area contributed by atoms with Crippen LogP contribution in [-0.2, 0) is 11.8 Å². The average Bonchev–Trinajstić information content (AvgIpc) is 3.31. The number of hydrogen-bond acceptors (Lipinski definition) is 6. The van der Waals surface area contributed by atoms with Crippen molar-refractivity contribution < 1.29 is 9.72 Å². The number of carbonyl (C=O) groups excluding carboxylic acids is 1. The molecule has 126 valence electrons. The maximum Gasteiger partial charge on any atom is 0.269 e. The van der Waals surface area contributed by atoms with E-state index in [1.165, 1.54) is 23.9 Å². The molecule has 1 saturated carbocycles. The number of nitro benzene ring substituents is 1. The molecule has 1 fully saturated rings. The minimum Gasteiger partial charge on any atom is -0.325 e. The first-order valence-corrected chi connectivity index (χ1v) is 8.51. The van der Waals surface area contributed by atoms with Crippen LogP contribution in [-0.4, -0.2) is 31.3 Å². The molecule has 0 unspecified atom stereocenters. The third-order valence-corrected chi connectivity index (χ3v) is 4.86. The number of amides is 1. The van der Waals surface area contributed by atoms with Crippen molar-refractivity contribution in [3.8, 4) is 0 Å². The Kier molecular flexibility index (Phi) is 4.52. The third-order valence-electron chi connectivity index (χ3n) is 3.84. The van der Waals surface area contributed by atoms with E-state index in [9.17, 15) is 14.9 Å². The van der Waals surface area contributed by atoms with E-state index in [4.69, 9.17) is 0 Å². The molecule has 0 saturated heterocycles. The number of nitrogens with one attached hydrogen (secondary N) is 1. The van der Waals surface area contributed by atoms with Crippen molar-refractivity contribution in [3.05, 3.63) is 39.7 Å². The molecule has 0 spiro atoms. The Labute approximate surface area is 142 Å². The van der Waals surface area contributed by atoms with Crippen molar-refractivity contribution >= 4 is 29.0 Å². The normalized spacial score (nSPS) is 13.8. The predicted octanol–water partition coefficient (Wildman–Crippen LogP) is 2.64. The van der Waals surface area contributed by atoms with Crippen LogP contribution in [0.25, 0.3) is 0 Å². The number of carbonyl (C=O) groups is 1. The maximum absolute atomic E-state index is 12.1. The number of non-ortho nitro benzene ring substituents is 1. The Bertz CT molecular complexity index is 800. The lowest BCUT2D eigenvalue weighted by atomic mass is 10.2. The maximum atomic E-state index is 12.1. The standard InChI is InChI=1S/C15H17N5O3S/c1-9-7-11(20(22)23)5-6-12(9)16-13(21)8-24-15-18-17-14(19(15)2)10-3-4-10/h5-7,10H,3-4,8H2,1-2H3,(H,16,21). The number of nitrogens with zero attached hydrogens (tertiary/aromatic N) is 4. The SMILES string of the molecule is Cc1cc([N+](=O)[O-])ccc1NC(=O)CSc1nnc(C2CC2)n1C. The summed E-state index contributed by atoms with van der Waals surface area (Å²) in [7, 11) is 1.91. The van der Waals surface area contributed by atoms with Crippen LogP contribution in [0, 0.1) is 17.0 Å². The quantitative estimate of drug-likeness (QED) is 0.489. The van der Waals surface area contributed by atoms with Gasteiger partial charge in [-0.05, 0) is 31.4 Å². The summed E-state index contributed by atoms with van der Waals surface area (Å²) in [6.07, 6.45) is 2.30. The highest BCUT2D eigenvalue weighted by Gasteiger charge is 2.29. The van der Waals surface area contributed by atoms with Crippen molar-refractivity contribution in [3.63, 3.8) is 0 Å². The van der Waals surface area contributed by atoms with Crippen LogP contribution in [0.1, 0.15) is 30.1 Å². The number of hydrogen-bond donors (Lipinski definition) is 1. The third kappa shape index (κ3) is 3.56. The summed E-state index contributed by atoms with van der Waals surface area (Å²) < 4.78 is 1.94. The molecule has 1 aliphatic carbocycles. The van der Waals surface area contributed by atoms with E-state index in [0.29, 0.717) is 22.3 Å². The van der Waals surface area contributed by atoms with Gasteiger partial charge < -0.3 is 9.88 Å². The molecule has 24 heavy (non-hydrogen) atoms. The second-order valence-corrected chi connectivity index (χ2v) is 6.71. The Hall–Kier alpha value is -2.42. The number of rotatable bonds is 6. The molecule has 1 N–H and O–H groups in total. The number of thioether (sulfide) groups is 1. The zero-order valence-electron chi connectivity index (χ0n) is 13.4. The van der Waals surface area contributed by atoms with Gasteiger partial charge >= 0.3 is 0 Å². The van der Waals surface area contributed by atoms with Gasteiger partial charge in [-0.25, -0.2) is 0 Å². The molecule has 2 aromatic rings. The minimum atomic E-state index is -0.458. The van der Waals surface area contributed by atoms with E-state index in [0.717, 1.165) is 18.7 Å². The number of aryl methyl sites for hydroxylation is 1. The van der Waals surface area contributed by atoms with Gasteiger partial charge in [0, 0.05) is 30.8 Å². The Morgan fingerprint density at radius 3 is 2.83 bits per heavy atom. The highest BCUT2D eigenvalue weighted by atomic mass is 32.2. The number of anilines is 1. The zero-order valence-corrected chi connectivity index (χ0v) is 14.2. The lowest BCUT2D eigenvalue weighted by Gasteiger charge is -2.08. The van der Waals surface area contributed by atoms with Crippen LogP contribution in [0.2, 0.25) is 0 Å². The highest BCUT2D eigenvalue weighted by molar-refractivity contribution is 7.99. The van der Waals surface area contributed by atoms with E-state index in [1.54, 1.807) is 13.0 Å². The first-order chi connectivity index (χ1) is 11.5. The summed E-state index contributed by atoms with van der Waals surface area (Å²) in [5, 5.41) is 22.5. The topological polar surface area (TPSA) is 103 Å². The van der Waals surface area contributed by atoms with Gasteiger partial charge in [-0.3, -0.25) is 14.9 Å². The molecular weight excluding hydrogens is 330 g/mol. The van der Waals surface area contributed by atoms with Gasteiger partial charge in [0.1, 0.15) is 5.82 Å². The Morgan fingerprint density at radius 1 is 1.46 bits per heavy atom. The number of benzene rings is 1. The summed E-state index contributed by atoms with van der Waals surface area (Å²) in [5.74, 6) is 1.50. The van der Waals surface area contributed by atoms with E-state index in [-0.39, 0.29) is 17.3 Å². The molecular formula is C15H17N5O3S. The summed E-state index contributed by atoms with van der Waals surface area (Å²) in [6.45, 7) is 1.72. The summed E-state index contributed by atoms with van der Waals surface area (Å²) in [6, 6.07) is 4.36. The first kappa shape index (κ1) is 16.4. The molecule has 0 radical (unpaired) electrons. The van der Waals surface area contributed by atoms with Crippen LogP contribution >= 0.6 is 11.8 Å². The molecule has 8 nitrogen and oxygen atoms in total. The van der Waals surface area contributed by atoms with Crippen molar-refractivity contribution in [2.75, 3.05) is 11.1 Å². The van der Waals surface area contributed by atoms with Crippen molar-refractivity contribution in [1.29, 1.82) is 0 Å². The monoisotopic (exact) mass is 347 g/mol. The molecule has 0 atom stereocenters. The largest absolute Gasteiger partial charge is 0.325 e. The van der Waals surface area contributed by atoms with Crippen LogP contribution in [0.15, 0.2) is 23.4 Å². The second kappa shape index (κ2) is 6.60. The summed E-state index contributed by atoms with van der Waals surface area (Å²) in [5.41, 5.74) is 1.23. The molecule has 1 aliphatic rings. The first-order valence-electron chi connectivity index (χ1n) is 7.52. The lowest BCUT2D eigenvalue weighted by Crippen LogP contribution is -2.15. The summed E-state index contributed by atoms with van der Waals surface area (Å²) in [4.78, 5) is 22.4. The smallest absolute Gasteiger partial charge is 0.269 e. The number of nitro groups is 1. The van der Waals surface area contributed by atoms with E-state index in [1.807, 2.05) is 11.6 Å². The molecule has 3 rings (SSSR count). The van der Waals surface area contributed by atoms with Crippen LogP contribution < -0.4 is 5.32 Å². The molecule has 0 bridgehead atoms. The van der Waals surface area contributed by atoms with Crippen molar-refractivity contribution in [2.24, 2.45) is 7.05 Å². The fourth-order valence-corrected chi connectivity index (χ4v) is 3.09. The predicted molar refractivity (Wildman–Crippen MR) is 90.2 cm³/mol. The van der Waals surface area contributed by atoms with Gasteiger partial charge in [-0.15, -0.1) is 10.2 Å². The molecule has 1 heterocycles. The molecule has 1 amide bonds. The Balaban J connectivity index is 1.59. The molecule has 9 heteroatoms. The second-order valence-electron chi connectivity index (χ2n) is 5.77. The number of aromatic nitrogens is 3. The van der Waals surface area contributed by atoms with Gasteiger partial charge in [0.2, 0.25) is 5.91 Å². The van der Waals surface area contributed by atoms with E-state index in [2.05, 4.69) is 15.5 Å². The van der Waals surface area contributed by atoms with Gasteiger partial charge in [0.25, 0.3) is 5.69 Å². The highest BCUT2D eigenvalue weighted by Crippen LogP contribution is 2.39. The summed E-state index contributed by atoms with van der Waals surface area (Å²) >= 11 is 1.32. The molecule has 1 aromatic carbocycles. The molecule has 1 aromatic heterocycles. The lowest BCUT2D eigenvalue weighted by molar-refractivity contribution is -0.384. The fraction of sp³-hybridized carbons (Fsp3) is 0.400. The van der Waals surface area contributed by atoms with Gasteiger partial charge in [-0.1, -0.05) is 11.8 Å². The van der Waals surface area contributed by atoms with Gasteiger partial charge in [0.05, 0.1) is 10.7 Å².